The molecular weight excluding hydrogens is 218 g/mol. The van der Waals surface area contributed by atoms with Crippen LogP contribution in [0.25, 0.3) is 0 Å². The molecule has 0 aromatic heterocycles. The van der Waals surface area contributed by atoms with Crippen LogP contribution in [0.3, 0.4) is 0 Å². The molecule has 1 aromatic carbocycles. The van der Waals surface area contributed by atoms with Crippen LogP contribution >= 0.6 is 11.6 Å². The van der Waals surface area contributed by atoms with E-state index in [0.717, 1.165) is 0 Å². The summed E-state index contributed by atoms with van der Waals surface area (Å²) in [5.74, 6) is -0.865. The lowest BCUT2D eigenvalue weighted by molar-refractivity contribution is -0.151. The average molecular weight is 226 g/mol. The van der Waals surface area contributed by atoms with Gasteiger partial charge in [-0.3, -0.25) is 9.59 Å². The van der Waals surface area contributed by atoms with Gasteiger partial charge in [0.2, 0.25) is 6.10 Å². The number of hydrogen-bond acceptors (Lipinski definition) is 3. The summed E-state index contributed by atoms with van der Waals surface area (Å²) in [7, 11) is 0. The Bertz CT molecular complexity index is 444. The lowest BCUT2D eigenvalue weighted by Gasteiger charge is -2.08. The summed E-state index contributed by atoms with van der Waals surface area (Å²) in [4.78, 5) is 22.3. The first-order chi connectivity index (χ1) is 7.09. The first-order valence-electron chi connectivity index (χ1n) is 4.36. The third-order valence-corrected chi connectivity index (χ3v) is 2.41. The number of para-hydroxylation sites is 1. The Hall–Kier alpha value is -1.55. The van der Waals surface area contributed by atoms with Gasteiger partial charge in [-0.25, -0.2) is 0 Å². The monoisotopic (exact) mass is 225 g/mol. The van der Waals surface area contributed by atoms with Gasteiger partial charge in [0.1, 0.15) is 0 Å². The van der Waals surface area contributed by atoms with Gasteiger partial charge in [-0.1, -0.05) is 23.7 Å². The Labute approximate surface area is 91.2 Å². The number of fused-ring (bicyclic) bond motifs is 1. The van der Waals surface area contributed by atoms with Crippen LogP contribution in [0.4, 0.5) is 5.69 Å². The lowest BCUT2D eigenvalue weighted by Crippen LogP contribution is -2.17. The summed E-state index contributed by atoms with van der Waals surface area (Å²) in [6.07, 6.45) is -0.879. The molecule has 0 bridgehead atoms. The number of halogens is 1. The highest BCUT2D eigenvalue weighted by molar-refractivity contribution is 6.34. The minimum absolute atomic E-state index is 0.367. The van der Waals surface area contributed by atoms with Crippen LogP contribution in [0.5, 0.6) is 0 Å². The van der Waals surface area contributed by atoms with Gasteiger partial charge in [0.15, 0.2) is 0 Å². The fourth-order valence-electron chi connectivity index (χ4n) is 1.50. The van der Waals surface area contributed by atoms with Crippen molar-refractivity contribution < 1.29 is 14.3 Å². The van der Waals surface area contributed by atoms with Crippen molar-refractivity contribution in [2.75, 3.05) is 5.32 Å². The van der Waals surface area contributed by atoms with Crippen LogP contribution in [0.15, 0.2) is 18.2 Å². The van der Waals surface area contributed by atoms with E-state index in [1.165, 1.54) is 6.92 Å². The largest absolute Gasteiger partial charge is 0.447 e. The second kappa shape index (κ2) is 3.55. The molecule has 1 heterocycles. The van der Waals surface area contributed by atoms with Crippen LogP contribution in [-0.2, 0) is 14.3 Å². The molecule has 1 unspecified atom stereocenters. The number of anilines is 1. The first-order valence-corrected chi connectivity index (χ1v) is 4.74. The van der Waals surface area contributed by atoms with Crippen molar-refractivity contribution in [2.24, 2.45) is 0 Å². The zero-order chi connectivity index (χ0) is 11.0. The predicted molar refractivity (Wildman–Crippen MR) is 54.6 cm³/mol. The molecule has 1 aliphatic heterocycles. The van der Waals surface area contributed by atoms with Crippen LogP contribution < -0.4 is 5.32 Å². The number of rotatable bonds is 1. The fourth-order valence-corrected chi connectivity index (χ4v) is 1.73. The standard InChI is InChI=1S/C10H8ClNO3/c1-5(13)15-9-6-3-2-4-7(11)8(6)12-10(9)14/h2-4,9H,1H3,(H,12,14). The highest BCUT2D eigenvalue weighted by Crippen LogP contribution is 2.37. The van der Waals surface area contributed by atoms with Gasteiger partial charge in [-0.2, -0.15) is 0 Å². The number of ether oxygens (including phenoxy) is 1. The van der Waals surface area contributed by atoms with Crippen molar-refractivity contribution in [3.8, 4) is 0 Å². The third kappa shape index (κ3) is 1.68. The van der Waals surface area contributed by atoms with Crippen LogP contribution in [0, 0.1) is 0 Å². The number of carbonyl (C=O) groups is 2. The van der Waals surface area contributed by atoms with Crippen LogP contribution in [0.2, 0.25) is 5.02 Å². The fraction of sp³-hybridized carbons (Fsp3) is 0.200. The maximum absolute atomic E-state index is 11.5. The van der Waals surface area contributed by atoms with E-state index in [1.54, 1.807) is 18.2 Å². The highest BCUT2D eigenvalue weighted by atomic mass is 35.5. The van der Waals surface area contributed by atoms with Crippen molar-refractivity contribution in [3.63, 3.8) is 0 Å². The molecule has 0 aliphatic carbocycles. The molecule has 0 saturated heterocycles. The number of carbonyl (C=O) groups excluding carboxylic acids is 2. The van der Waals surface area contributed by atoms with Gasteiger partial charge in [0.05, 0.1) is 10.7 Å². The molecule has 15 heavy (non-hydrogen) atoms. The number of esters is 1. The van der Waals surface area contributed by atoms with Gasteiger partial charge >= 0.3 is 5.97 Å². The van der Waals surface area contributed by atoms with E-state index in [-0.39, 0.29) is 5.91 Å². The van der Waals surface area contributed by atoms with E-state index in [9.17, 15) is 9.59 Å². The molecule has 0 saturated carbocycles. The molecule has 4 nitrogen and oxygen atoms in total. The predicted octanol–water partition coefficient (Wildman–Crippen LogP) is 1.90. The maximum atomic E-state index is 11.5. The summed E-state index contributed by atoms with van der Waals surface area (Å²) >= 11 is 5.88. The third-order valence-electron chi connectivity index (χ3n) is 2.10. The Balaban J connectivity index is 2.41. The van der Waals surface area contributed by atoms with Gasteiger partial charge in [0, 0.05) is 12.5 Å². The summed E-state index contributed by atoms with van der Waals surface area (Å²) in [6.45, 7) is 1.26. The topological polar surface area (TPSA) is 55.4 Å². The quantitative estimate of drug-likeness (QED) is 0.743. The summed E-state index contributed by atoms with van der Waals surface area (Å²) in [5.41, 5.74) is 1.12. The Kier molecular flexibility index (Phi) is 2.36. The van der Waals surface area contributed by atoms with Crippen LogP contribution in [-0.4, -0.2) is 11.9 Å². The summed E-state index contributed by atoms with van der Waals surface area (Å²) in [6, 6.07) is 5.07. The molecule has 78 valence electrons. The molecule has 5 heteroatoms. The molecule has 1 amide bonds. The number of benzene rings is 1. The Morgan fingerprint density at radius 3 is 2.93 bits per heavy atom. The normalized spacial score (nSPS) is 18.3. The van der Waals surface area contributed by atoms with Gasteiger partial charge in [0.25, 0.3) is 5.91 Å². The molecule has 1 atom stereocenters. The smallest absolute Gasteiger partial charge is 0.303 e. The molecule has 1 N–H and O–H groups in total. The summed E-state index contributed by atoms with van der Waals surface area (Å²) < 4.78 is 4.90. The Morgan fingerprint density at radius 2 is 2.27 bits per heavy atom. The van der Waals surface area contributed by atoms with Crippen molar-refractivity contribution in [1.29, 1.82) is 0 Å². The van der Waals surface area contributed by atoms with E-state index >= 15 is 0 Å². The van der Waals surface area contributed by atoms with Crippen molar-refractivity contribution >= 4 is 29.2 Å². The minimum atomic E-state index is -0.879. The number of nitrogens with one attached hydrogen (secondary N) is 1. The van der Waals surface area contributed by atoms with E-state index in [2.05, 4.69) is 5.32 Å². The lowest BCUT2D eigenvalue weighted by atomic mass is 10.1. The molecule has 2 rings (SSSR count). The zero-order valence-corrected chi connectivity index (χ0v) is 8.67. The number of hydrogen-bond donors (Lipinski definition) is 1. The maximum Gasteiger partial charge on any atom is 0.303 e. The van der Waals surface area contributed by atoms with E-state index < -0.39 is 12.1 Å². The van der Waals surface area contributed by atoms with Crippen LogP contribution in [0.1, 0.15) is 18.6 Å². The molecule has 1 aliphatic rings. The van der Waals surface area contributed by atoms with Crippen molar-refractivity contribution in [1.82, 2.24) is 0 Å². The molecule has 0 fully saturated rings. The average Bonchev–Trinajstić information content (AvgIpc) is 2.45. The minimum Gasteiger partial charge on any atom is -0.447 e. The summed E-state index contributed by atoms with van der Waals surface area (Å²) in [5, 5.41) is 3.01. The molecule has 0 radical (unpaired) electrons. The first kappa shape index (κ1) is 9.98. The molecule has 1 aromatic rings. The van der Waals surface area contributed by atoms with E-state index in [0.29, 0.717) is 16.3 Å². The SMILES string of the molecule is CC(=O)OC1C(=O)Nc2c(Cl)cccc21. The molecule has 0 spiro atoms. The van der Waals surface area contributed by atoms with Crippen molar-refractivity contribution in [2.45, 2.75) is 13.0 Å². The molecular formula is C10H8ClNO3. The highest BCUT2D eigenvalue weighted by Gasteiger charge is 2.34. The van der Waals surface area contributed by atoms with Gasteiger partial charge in [-0.05, 0) is 6.07 Å². The van der Waals surface area contributed by atoms with E-state index in [1.807, 2.05) is 0 Å². The second-order valence-electron chi connectivity index (χ2n) is 3.18. The van der Waals surface area contributed by atoms with E-state index in [4.69, 9.17) is 16.3 Å². The second-order valence-corrected chi connectivity index (χ2v) is 3.59. The zero-order valence-electron chi connectivity index (χ0n) is 7.91. The van der Waals surface area contributed by atoms with Gasteiger partial charge in [-0.15, -0.1) is 0 Å². The Morgan fingerprint density at radius 1 is 1.53 bits per heavy atom. The number of amides is 1. The van der Waals surface area contributed by atoms with Crippen molar-refractivity contribution in [3.05, 3.63) is 28.8 Å². The van der Waals surface area contributed by atoms with Gasteiger partial charge < -0.3 is 10.1 Å².